The van der Waals surface area contributed by atoms with Crippen molar-refractivity contribution >= 4 is 5.78 Å². The van der Waals surface area contributed by atoms with Gasteiger partial charge < -0.3 is 4.74 Å². The number of methoxy groups -OCH3 is 1. The molecule has 0 radical (unpaired) electrons. The molecule has 0 aliphatic heterocycles. The van der Waals surface area contributed by atoms with Crippen LogP contribution in [0.5, 0.6) is 5.75 Å². The minimum Gasteiger partial charge on any atom is -0.496 e. The first-order valence-corrected chi connectivity index (χ1v) is 5.43. The zero-order valence-corrected chi connectivity index (χ0v) is 9.30. The van der Waals surface area contributed by atoms with Gasteiger partial charge in [-0.1, -0.05) is 0 Å². The van der Waals surface area contributed by atoms with Crippen molar-refractivity contribution in [3.8, 4) is 5.75 Å². The lowest BCUT2D eigenvalue weighted by molar-refractivity contribution is 0.0982. The lowest BCUT2D eigenvalue weighted by Gasteiger charge is -2.12. The van der Waals surface area contributed by atoms with E-state index in [0.29, 0.717) is 6.42 Å². The predicted octanol–water partition coefficient (Wildman–Crippen LogP) is 2.91. The summed E-state index contributed by atoms with van der Waals surface area (Å²) in [4.78, 5) is 11.8. The fraction of sp³-hybridized carbons (Fsp3) is 0.462. The molecular formula is C13H16O2. The minimum atomic E-state index is 0.285. The summed E-state index contributed by atoms with van der Waals surface area (Å²) in [7, 11) is 1.67. The Balaban J connectivity index is 2.55. The van der Waals surface area contributed by atoms with E-state index >= 15 is 0 Å². The van der Waals surface area contributed by atoms with Crippen molar-refractivity contribution in [1.29, 1.82) is 0 Å². The molecular weight excluding hydrogens is 188 g/mol. The minimum absolute atomic E-state index is 0.285. The molecule has 0 spiro atoms. The molecule has 0 unspecified atom stereocenters. The molecule has 2 rings (SSSR count). The van der Waals surface area contributed by atoms with E-state index in [4.69, 9.17) is 4.74 Å². The van der Waals surface area contributed by atoms with Gasteiger partial charge in [0.2, 0.25) is 0 Å². The Kier molecular flexibility index (Phi) is 2.76. The Hall–Kier alpha value is -1.31. The number of hydrogen-bond acceptors (Lipinski definition) is 2. The van der Waals surface area contributed by atoms with Crippen molar-refractivity contribution in [1.82, 2.24) is 0 Å². The molecule has 80 valence electrons. The van der Waals surface area contributed by atoms with E-state index in [0.717, 1.165) is 36.1 Å². The maximum Gasteiger partial charge on any atom is 0.163 e. The molecule has 1 aliphatic rings. The lowest BCUT2D eigenvalue weighted by Crippen LogP contribution is -2.03. The topological polar surface area (TPSA) is 26.3 Å². The van der Waals surface area contributed by atoms with Crippen molar-refractivity contribution in [2.75, 3.05) is 7.11 Å². The normalized spacial score (nSPS) is 15.7. The van der Waals surface area contributed by atoms with Crippen LogP contribution >= 0.6 is 0 Å². The number of fused-ring (bicyclic) bond motifs is 1. The largest absolute Gasteiger partial charge is 0.496 e. The molecule has 0 fully saturated rings. The van der Waals surface area contributed by atoms with Crippen molar-refractivity contribution in [3.05, 3.63) is 28.8 Å². The molecule has 0 bridgehead atoms. The van der Waals surface area contributed by atoms with Crippen LogP contribution in [0.25, 0.3) is 0 Å². The first kappa shape index (κ1) is 10.2. The van der Waals surface area contributed by atoms with E-state index < -0.39 is 0 Å². The number of ketones is 1. The van der Waals surface area contributed by atoms with E-state index in [9.17, 15) is 4.79 Å². The third kappa shape index (κ3) is 1.76. The molecule has 2 heteroatoms. The van der Waals surface area contributed by atoms with Crippen LogP contribution in [-0.2, 0) is 6.42 Å². The Bertz CT molecular complexity index is 394. The van der Waals surface area contributed by atoms with Gasteiger partial charge in [-0.25, -0.2) is 0 Å². The van der Waals surface area contributed by atoms with Crippen molar-refractivity contribution in [3.63, 3.8) is 0 Å². The van der Waals surface area contributed by atoms with E-state index in [2.05, 4.69) is 0 Å². The summed E-state index contributed by atoms with van der Waals surface area (Å²) in [5, 5.41) is 0. The van der Waals surface area contributed by atoms with E-state index in [1.165, 1.54) is 5.56 Å². The highest BCUT2D eigenvalue weighted by Crippen LogP contribution is 2.29. The van der Waals surface area contributed by atoms with Gasteiger partial charge in [0.15, 0.2) is 5.78 Å². The standard InChI is InChI=1S/C13H16O2/c1-9-10-5-3-4-6-12(14)11(10)7-8-13(9)15-2/h7-8H,3-6H2,1-2H3. The molecule has 1 aromatic rings. The third-order valence-corrected chi connectivity index (χ3v) is 3.15. The SMILES string of the molecule is COc1ccc2c(c1C)CCCCC2=O. The number of carbonyl (C=O) groups excluding carboxylic acids is 1. The Labute approximate surface area is 90.3 Å². The highest BCUT2D eigenvalue weighted by Gasteiger charge is 2.18. The van der Waals surface area contributed by atoms with Crippen LogP contribution < -0.4 is 4.74 Å². The summed E-state index contributed by atoms with van der Waals surface area (Å²) in [5.41, 5.74) is 3.23. The molecule has 0 heterocycles. The molecule has 1 aromatic carbocycles. The van der Waals surface area contributed by atoms with Gasteiger partial charge in [0, 0.05) is 12.0 Å². The van der Waals surface area contributed by atoms with Gasteiger partial charge in [0.1, 0.15) is 5.75 Å². The van der Waals surface area contributed by atoms with E-state index in [-0.39, 0.29) is 5.78 Å². The van der Waals surface area contributed by atoms with Crippen molar-refractivity contribution in [2.24, 2.45) is 0 Å². The smallest absolute Gasteiger partial charge is 0.163 e. The van der Waals surface area contributed by atoms with Crippen LogP contribution in [-0.4, -0.2) is 12.9 Å². The zero-order valence-electron chi connectivity index (χ0n) is 9.30. The van der Waals surface area contributed by atoms with Crippen LogP contribution in [0.2, 0.25) is 0 Å². The molecule has 0 N–H and O–H groups in total. The van der Waals surface area contributed by atoms with E-state index in [1.807, 2.05) is 19.1 Å². The number of benzene rings is 1. The highest BCUT2D eigenvalue weighted by molar-refractivity contribution is 5.98. The first-order chi connectivity index (χ1) is 7.24. The fourth-order valence-electron chi connectivity index (χ4n) is 2.26. The average Bonchev–Trinajstić information content (AvgIpc) is 2.42. The van der Waals surface area contributed by atoms with Gasteiger partial charge in [-0.05, 0) is 49.4 Å². The van der Waals surface area contributed by atoms with Gasteiger partial charge in [-0.3, -0.25) is 4.79 Å². The Morgan fingerprint density at radius 3 is 2.67 bits per heavy atom. The van der Waals surface area contributed by atoms with Gasteiger partial charge in [-0.15, -0.1) is 0 Å². The van der Waals surface area contributed by atoms with Gasteiger partial charge in [-0.2, -0.15) is 0 Å². The molecule has 2 nitrogen and oxygen atoms in total. The van der Waals surface area contributed by atoms with Gasteiger partial charge >= 0.3 is 0 Å². The molecule has 0 saturated heterocycles. The number of rotatable bonds is 1. The van der Waals surface area contributed by atoms with Gasteiger partial charge in [0.25, 0.3) is 0 Å². The molecule has 0 aromatic heterocycles. The third-order valence-electron chi connectivity index (χ3n) is 3.15. The number of ether oxygens (including phenoxy) is 1. The summed E-state index contributed by atoms with van der Waals surface area (Å²) < 4.78 is 5.28. The van der Waals surface area contributed by atoms with Crippen molar-refractivity contribution in [2.45, 2.75) is 32.6 Å². The summed E-state index contributed by atoms with van der Waals surface area (Å²) in [6.07, 6.45) is 3.81. The summed E-state index contributed by atoms with van der Waals surface area (Å²) >= 11 is 0. The molecule has 0 atom stereocenters. The summed E-state index contributed by atoms with van der Waals surface area (Å²) in [6, 6.07) is 3.81. The van der Waals surface area contributed by atoms with Crippen LogP contribution in [0.1, 0.15) is 40.7 Å². The van der Waals surface area contributed by atoms with Crippen LogP contribution in [0.15, 0.2) is 12.1 Å². The number of carbonyl (C=O) groups is 1. The van der Waals surface area contributed by atoms with Crippen molar-refractivity contribution < 1.29 is 9.53 Å². The van der Waals surface area contributed by atoms with Crippen LogP contribution in [0.3, 0.4) is 0 Å². The zero-order chi connectivity index (χ0) is 10.8. The average molecular weight is 204 g/mol. The predicted molar refractivity (Wildman–Crippen MR) is 59.6 cm³/mol. The monoisotopic (exact) mass is 204 g/mol. The first-order valence-electron chi connectivity index (χ1n) is 5.43. The second kappa shape index (κ2) is 4.05. The second-order valence-corrected chi connectivity index (χ2v) is 4.05. The maximum absolute atomic E-state index is 11.8. The van der Waals surface area contributed by atoms with Crippen LogP contribution in [0, 0.1) is 6.92 Å². The summed E-state index contributed by atoms with van der Waals surface area (Å²) in [6.45, 7) is 2.04. The Morgan fingerprint density at radius 1 is 1.20 bits per heavy atom. The maximum atomic E-state index is 11.8. The number of Topliss-reactive ketones (excluding diaryl/α,β-unsaturated/α-hetero) is 1. The second-order valence-electron chi connectivity index (χ2n) is 4.05. The van der Waals surface area contributed by atoms with E-state index in [1.54, 1.807) is 7.11 Å². The van der Waals surface area contributed by atoms with Crippen LogP contribution in [0.4, 0.5) is 0 Å². The quantitative estimate of drug-likeness (QED) is 0.657. The molecule has 15 heavy (non-hydrogen) atoms. The molecule has 1 aliphatic carbocycles. The summed E-state index contributed by atoms with van der Waals surface area (Å²) in [5.74, 6) is 1.18. The molecule has 0 amide bonds. The lowest BCUT2D eigenvalue weighted by atomic mass is 9.96. The molecule has 0 saturated carbocycles. The number of hydrogen-bond donors (Lipinski definition) is 0. The Morgan fingerprint density at radius 2 is 1.93 bits per heavy atom. The van der Waals surface area contributed by atoms with Gasteiger partial charge in [0.05, 0.1) is 7.11 Å². The fourth-order valence-corrected chi connectivity index (χ4v) is 2.26. The highest BCUT2D eigenvalue weighted by atomic mass is 16.5.